The smallest absolute Gasteiger partial charge is 0.264 e. The maximum atomic E-state index is 13.0. The molecule has 4 rings (SSSR count). The average Bonchev–Trinajstić information content (AvgIpc) is 3.20. The van der Waals surface area contributed by atoms with Crippen molar-refractivity contribution in [3.63, 3.8) is 0 Å². The Bertz CT molecular complexity index is 1230. The summed E-state index contributed by atoms with van der Waals surface area (Å²) >= 11 is 6.03. The molecule has 0 atom stereocenters. The topological polar surface area (TPSA) is 109 Å². The number of rotatable bonds is 3. The van der Waals surface area contributed by atoms with Crippen LogP contribution in [0.2, 0.25) is 5.02 Å². The summed E-state index contributed by atoms with van der Waals surface area (Å²) in [5.74, 6) is -0.114. The zero-order valence-electron chi connectivity index (χ0n) is 14.1. The van der Waals surface area contributed by atoms with Gasteiger partial charge in [0, 0.05) is 17.5 Å². The van der Waals surface area contributed by atoms with E-state index in [9.17, 15) is 9.90 Å². The highest BCUT2D eigenvalue weighted by Gasteiger charge is 2.23. The Morgan fingerprint density at radius 1 is 1.22 bits per heavy atom. The maximum absolute atomic E-state index is 13.0. The van der Waals surface area contributed by atoms with Crippen LogP contribution in [0.25, 0.3) is 10.9 Å². The molecule has 0 aliphatic carbocycles. The fraction of sp³-hybridized carbons (Fsp3) is 0.0556. The number of aliphatic imine (C=N–C) groups is 1. The van der Waals surface area contributed by atoms with Crippen molar-refractivity contribution >= 4 is 33.9 Å². The number of para-hydroxylation sites is 1. The van der Waals surface area contributed by atoms with Gasteiger partial charge in [0.2, 0.25) is 5.82 Å². The number of H-pyrrole nitrogens is 1. The van der Waals surface area contributed by atoms with Gasteiger partial charge in [0.15, 0.2) is 0 Å². The van der Waals surface area contributed by atoms with Crippen molar-refractivity contribution in [3.05, 3.63) is 75.3 Å². The SMILES string of the molecule is Cn1c(=O)c(C(=Nc2cccc(Cl)c2)c2nn[nH]n2)c(O)c2ccccc21. The normalized spacial score (nSPS) is 11.9. The van der Waals surface area contributed by atoms with Gasteiger partial charge in [0.25, 0.3) is 5.56 Å². The largest absolute Gasteiger partial charge is 0.506 e. The maximum Gasteiger partial charge on any atom is 0.264 e. The van der Waals surface area contributed by atoms with Crippen LogP contribution in [0.4, 0.5) is 5.69 Å². The molecule has 2 aromatic heterocycles. The van der Waals surface area contributed by atoms with Crippen molar-refractivity contribution in [1.29, 1.82) is 0 Å². The van der Waals surface area contributed by atoms with E-state index in [-0.39, 0.29) is 22.8 Å². The first-order chi connectivity index (χ1) is 13.1. The van der Waals surface area contributed by atoms with Gasteiger partial charge in [0.05, 0.1) is 11.2 Å². The van der Waals surface area contributed by atoms with Crippen molar-refractivity contribution in [1.82, 2.24) is 25.2 Å². The summed E-state index contributed by atoms with van der Waals surface area (Å²) in [4.78, 5) is 17.5. The number of nitrogens with one attached hydrogen (secondary N) is 1. The first-order valence-electron chi connectivity index (χ1n) is 7.95. The number of pyridine rings is 1. The molecule has 0 saturated carbocycles. The van der Waals surface area contributed by atoms with Crippen molar-refractivity contribution in [3.8, 4) is 5.75 Å². The lowest BCUT2D eigenvalue weighted by Crippen LogP contribution is -2.26. The van der Waals surface area contributed by atoms with Crippen LogP contribution in [0.1, 0.15) is 11.4 Å². The van der Waals surface area contributed by atoms with Gasteiger partial charge < -0.3 is 9.67 Å². The number of aromatic hydroxyl groups is 1. The van der Waals surface area contributed by atoms with E-state index in [0.29, 0.717) is 21.6 Å². The molecule has 2 heterocycles. The number of aromatic amines is 1. The van der Waals surface area contributed by atoms with Crippen LogP contribution >= 0.6 is 11.6 Å². The second kappa shape index (κ2) is 6.65. The Labute approximate surface area is 157 Å². The van der Waals surface area contributed by atoms with Crippen LogP contribution in [-0.2, 0) is 7.05 Å². The summed E-state index contributed by atoms with van der Waals surface area (Å²) in [7, 11) is 1.63. The third kappa shape index (κ3) is 2.96. The monoisotopic (exact) mass is 380 g/mol. The second-order valence-corrected chi connectivity index (χ2v) is 6.22. The van der Waals surface area contributed by atoms with Crippen molar-refractivity contribution in [2.24, 2.45) is 12.0 Å². The van der Waals surface area contributed by atoms with Crippen molar-refractivity contribution < 1.29 is 5.11 Å². The van der Waals surface area contributed by atoms with Crippen molar-refractivity contribution in [2.75, 3.05) is 0 Å². The molecule has 4 aromatic rings. The van der Waals surface area contributed by atoms with Gasteiger partial charge in [-0.3, -0.25) is 4.79 Å². The highest BCUT2D eigenvalue weighted by atomic mass is 35.5. The van der Waals surface area contributed by atoms with Gasteiger partial charge in [-0.2, -0.15) is 5.21 Å². The van der Waals surface area contributed by atoms with Gasteiger partial charge in [-0.1, -0.05) is 29.8 Å². The minimum Gasteiger partial charge on any atom is -0.506 e. The number of hydrogen-bond donors (Lipinski definition) is 2. The molecule has 9 heteroatoms. The summed E-state index contributed by atoms with van der Waals surface area (Å²) in [5, 5.41) is 25.6. The summed E-state index contributed by atoms with van der Waals surface area (Å²) in [6, 6.07) is 13.8. The lowest BCUT2D eigenvalue weighted by Gasteiger charge is -2.12. The summed E-state index contributed by atoms with van der Waals surface area (Å²) in [6.45, 7) is 0. The highest BCUT2D eigenvalue weighted by molar-refractivity contribution is 6.30. The van der Waals surface area contributed by atoms with E-state index in [0.717, 1.165) is 0 Å². The van der Waals surface area contributed by atoms with E-state index >= 15 is 0 Å². The lowest BCUT2D eigenvalue weighted by molar-refractivity contribution is 0.478. The predicted octanol–water partition coefficient (Wildman–Crippen LogP) is 2.58. The van der Waals surface area contributed by atoms with Crippen LogP contribution < -0.4 is 5.56 Å². The lowest BCUT2D eigenvalue weighted by atomic mass is 10.1. The number of hydrogen-bond acceptors (Lipinski definition) is 6. The Morgan fingerprint density at radius 2 is 2.04 bits per heavy atom. The molecule has 0 radical (unpaired) electrons. The molecule has 2 N–H and O–H groups in total. The zero-order chi connectivity index (χ0) is 19.0. The Kier molecular flexibility index (Phi) is 4.17. The minimum absolute atomic E-state index is 0.0161. The summed E-state index contributed by atoms with van der Waals surface area (Å²) in [5.41, 5.74) is 0.722. The standard InChI is InChI=1S/C18H13ClN6O2/c1-25-13-8-3-2-7-12(13)16(26)14(18(25)27)15(17-21-23-24-22-17)20-11-6-4-5-10(19)9-11/h2-9,26H,1H3,(H,21,22,23,24). The van der Waals surface area contributed by atoms with Gasteiger partial charge >= 0.3 is 0 Å². The molecule has 134 valence electrons. The molecule has 0 fully saturated rings. The third-order valence-corrected chi connectivity index (χ3v) is 4.35. The number of fused-ring (bicyclic) bond motifs is 1. The van der Waals surface area contributed by atoms with E-state index in [1.54, 1.807) is 55.6 Å². The van der Waals surface area contributed by atoms with Gasteiger partial charge in [-0.25, -0.2) is 4.99 Å². The average molecular weight is 381 g/mol. The van der Waals surface area contributed by atoms with E-state index in [4.69, 9.17) is 11.6 Å². The van der Waals surface area contributed by atoms with Crippen LogP contribution in [0.3, 0.4) is 0 Å². The number of benzene rings is 2. The molecule has 2 aromatic carbocycles. The van der Waals surface area contributed by atoms with E-state index < -0.39 is 5.56 Å². The molecular formula is C18H13ClN6O2. The van der Waals surface area contributed by atoms with E-state index in [2.05, 4.69) is 25.6 Å². The first-order valence-corrected chi connectivity index (χ1v) is 8.33. The number of aromatic nitrogens is 5. The molecule has 0 aliphatic heterocycles. The van der Waals surface area contributed by atoms with Gasteiger partial charge in [-0.05, 0) is 35.5 Å². The number of nitrogens with zero attached hydrogens (tertiary/aromatic N) is 5. The predicted molar refractivity (Wildman–Crippen MR) is 102 cm³/mol. The number of aryl methyl sites for hydroxylation is 1. The van der Waals surface area contributed by atoms with Crippen LogP contribution in [-0.4, -0.2) is 36.0 Å². The van der Waals surface area contributed by atoms with Crippen molar-refractivity contribution in [2.45, 2.75) is 0 Å². The van der Waals surface area contributed by atoms with E-state index in [1.165, 1.54) is 4.57 Å². The molecule has 8 nitrogen and oxygen atoms in total. The molecule has 0 spiro atoms. The van der Waals surface area contributed by atoms with Crippen LogP contribution in [0.15, 0.2) is 58.3 Å². The Balaban J connectivity index is 2.07. The Hall–Kier alpha value is -3.52. The highest BCUT2D eigenvalue weighted by Crippen LogP contribution is 2.28. The molecular weight excluding hydrogens is 368 g/mol. The first kappa shape index (κ1) is 16.9. The fourth-order valence-corrected chi connectivity index (χ4v) is 3.03. The molecule has 27 heavy (non-hydrogen) atoms. The molecule has 0 bridgehead atoms. The summed E-state index contributed by atoms with van der Waals surface area (Å²) < 4.78 is 1.44. The molecule has 0 amide bonds. The molecule has 0 unspecified atom stereocenters. The Morgan fingerprint density at radius 3 is 2.78 bits per heavy atom. The van der Waals surface area contributed by atoms with Gasteiger partial charge in [-0.15, -0.1) is 10.2 Å². The van der Waals surface area contributed by atoms with Gasteiger partial charge in [0.1, 0.15) is 17.0 Å². The number of tetrazole rings is 1. The quantitative estimate of drug-likeness (QED) is 0.531. The van der Waals surface area contributed by atoms with Crippen LogP contribution in [0.5, 0.6) is 5.75 Å². The molecule has 0 aliphatic rings. The zero-order valence-corrected chi connectivity index (χ0v) is 14.8. The third-order valence-electron chi connectivity index (χ3n) is 4.12. The fourth-order valence-electron chi connectivity index (χ4n) is 2.85. The second-order valence-electron chi connectivity index (χ2n) is 5.78. The number of halogens is 1. The molecule has 0 saturated heterocycles. The van der Waals surface area contributed by atoms with Crippen LogP contribution in [0, 0.1) is 0 Å². The van der Waals surface area contributed by atoms with E-state index in [1.807, 2.05) is 0 Å². The summed E-state index contributed by atoms with van der Waals surface area (Å²) in [6.07, 6.45) is 0. The minimum atomic E-state index is -0.434.